The Hall–Kier alpha value is -5.80. The van der Waals surface area contributed by atoms with E-state index in [2.05, 4.69) is 132 Å². The number of benzene rings is 7. The SMILES string of the molecule is c1ccc2cc3c(cc2c1)oc1cc(-c2ccc(-n4c5ccccc5c5ccc6oc7ccccc7c6c54)cc2)ccc13. The number of aromatic nitrogens is 1. The molecule has 0 saturated heterocycles. The molecule has 10 rings (SSSR count). The lowest BCUT2D eigenvalue weighted by molar-refractivity contribution is 0.669. The van der Waals surface area contributed by atoms with Crippen molar-refractivity contribution in [3.63, 3.8) is 0 Å². The van der Waals surface area contributed by atoms with Crippen molar-refractivity contribution in [1.82, 2.24) is 4.57 Å². The topological polar surface area (TPSA) is 31.2 Å². The van der Waals surface area contributed by atoms with Gasteiger partial charge >= 0.3 is 0 Å². The first-order chi connectivity index (χ1) is 21.3. The van der Waals surface area contributed by atoms with E-state index in [1.807, 2.05) is 12.1 Å². The summed E-state index contributed by atoms with van der Waals surface area (Å²) in [7, 11) is 0. The van der Waals surface area contributed by atoms with Crippen molar-refractivity contribution >= 4 is 76.5 Å². The Kier molecular flexibility index (Phi) is 4.45. The second-order valence-corrected chi connectivity index (χ2v) is 11.3. The first kappa shape index (κ1) is 22.8. The molecule has 0 spiro atoms. The fourth-order valence-electron chi connectivity index (χ4n) is 6.98. The summed E-state index contributed by atoms with van der Waals surface area (Å²) < 4.78 is 15.0. The highest BCUT2D eigenvalue weighted by atomic mass is 16.3. The molecule has 0 fully saturated rings. The molecule has 3 nitrogen and oxygen atoms in total. The third kappa shape index (κ3) is 3.19. The first-order valence-electron chi connectivity index (χ1n) is 14.6. The van der Waals surface area contributed by atoms with E-state index in [-0.39, 0.29) is 0 Å². The Bertz CT molecular complexity index is 2720. The van der Waals surface area contributed by atoms with Crippen LogP contribution >= 0.6 is 0 Å². The first-order valence-corrected chi connectivity index (χ1v) is 14.6. The molecule has 7 aromatic carbocycles. The van der Waals surface area contributed by atoms with E-state index in [1.165, 1.54) is 32.6 Å². The monoisotopic (exact) mass is 549 g/mol. The molecule has 0 saturated carbocycles. The fraction of sp³-hybridized carbons (Fsp3) is 0. The summed E-state index contributed by atoms with van der Waals surface area (Å²) in [6.45, 7) is 0. The average molecular weight is 550 g/mol. The summed E-state index contributed by atoms with van der Waals surface area (Å²) >= 11 is 0. The molecule has 200 valence electrons. The maximum atomic E-state index is 6.36. The van der Waals surface area contributed by atoms with Crippen LogP contribution in [-0.2, 0) is 0 Å². The summed E-state index contributed by atoms with van der Waals surface area (Å²) in [4.78, 5) is 0. The molecule has 0 aliphatic carbocycles. The van der Waals surface area contributed by atoms with Crippen LogP contribution in [0.1, 0.15) is 0 Å². The van der Waals surface area contributed by atoms with Gasteiger partial charge in [-0.25, -0.2) is 0 Å². The number of furan rings is 2. The van der Waals surface area contributed by atoms with Crippen LogP contribution in [0.3, 0.4) is 0 Å². The van der Waals surface area contributed by atoms with Crippen LogP contribution in [0.5, 0.6) is 0 Å². The van der Waals surface area contributed by atoms with Gasteiger partial charge in [-0.05, 0) is 82.6 Å². The van der Waals surface area contributed by atoms with E-state index in [4.69, 9.17) is 8.83 Å². The van der Waals surface area contributed by atoms with E-state index >= 15 is 0 Å². The Morgan fingerprint density at radius 1 is 0.395 bits per heavy atom. The molecule has 0 amide bonds. The van der Waals surface area contributed by atoms with Gasteiger partial charge in [0.05, 0.1) is 16.4 Å². The number of para-hydroxylation sites is 2. The van der Waals surface area contributed by atoms with Gasteiger partial charge in [-0.1, -0.05) is 78.9 Å². The quantitative estimate of drug-likeness (QED) is 0.215. The zero-order valence-electron chi connectivity index (χ0n) is 23.0. The molecule has 0 aliphatic heterocycles. The highest BCUT2D eigenvalue weighted by molar-refractivity contribution is 6.24. The predicted molar refractivity (Wildman–Crippen MR) is 178 cm³/mol. The number of hydrogen-bond donors (Lipinski definition) is 0. The predicted octanol–water partition coefficient (Wildman–Crippen LogP) is 11.4. The van der Waals surface area contributed by atoms with Gasteiger partial charge in [-0.3, -0.25) is 0 Å². The number of hydrogen-bond acceptors (Lipinski definition) is 2. The van der Waals surface area contributed by atoms with Gasteiger partial charge in [0, 0.05) is 32.6 Å². The van der Waals surface area contributed by atoms with Gasteiger partial charge in [0.25, 0.3) is 0 Å². The Labute approximate surface area is 245 Å². The molecule has 43 heavy (non-hydrogen) atoms. The molecular formula is C40H23NO2. The highest BCUT2D eigenvalue weighted by Crippen LogP contribution is 2.41. The number of rotatable bonds is 2. The van der Waals surface area contributed by atoms with Crippen LogP contribution in [-0.4, -0.2) is 4.57 Å². The minimum Gasteiger partial charge on any atom is -0.456 e. The van der Waals surface area contributed by atoms with Gasteiger partial charge in [-0.2, -0.15) is 0 Å². The minimum absolute atomic E-state index is 0.904. The smallest absolute Gasteiger partial charge is 0.137 e. The van der Waals surface area contributed by atoms with Gasteiger partial charge in [0.15, 0.2) is 0 Å². The third-order valence-corrected chi connectivity index (χ3v) is 8.97. The summed E-state index contributed by atoms with van der Waals surface area (Å²) in [5.41, 5.74) is 9.39. The maximum absolute atomic E-state index is 6.36. The number of fused-ring (bicyclic) bond motifs is 11. The molecule has 0 radical (unpaired) electrons. The standard InChI is InChI=1S/C40H23NO2/c1-2-8-26-22-38-33(21-25(26)7-1)30-18-15-27(23-37(30)43-38)24-13-16-28(17-14-24)41-34-11-5-3-9-29(34)31-19-20-36-39(40(31)41)32-10-4-6-12-35(32)42-36/h1-23H. The van der Waals surface area contributed by atoms with Gasteiger partial charge in [-0.15, -0.1) is 0 Å². The number of nitrogens with zero attached hydrogens (tertiary/aromatic N) is 1. The van der Waals surface area contributed by atoms with Crippen LogP contribution in [0.15, 0.2) is 148 Å². The highest BCUT2D eigenvalue weighted by Gasteiger charge is 2.19. The summed E-state index contributed by atoms with van der Waals surface area (Å²) in [6.07, 6.45) is 0. The molecule has 0 bridgehead atoms. The zero-order chi connectivity index (χ0) is 28.1. The lowest BCUT2D eigenvalue weighted by atomic mass is 10.0. The Balaban J connectivity index is 1.15. The molecule has 3 heteroatoms. The van der Waals surface area contributed by atoms with E-state index in [1.54, 1.807) is 0 Å². The fourth-order valence-corrected chi connectivity index (χ4v) is 6.98. The Morgan fingerprint density at radius 2 is 1.07 bits per heavy atom. The summed E-state index contributed by atoms with van der Waals surface area (Å²) in [5.74, 6) is 0. The van der Waals surface area contributed by atoms with Crippen molar-refractivity contribution in [3.8, 4) is 16.8 Å². The van der Waals surface area contributed by atoms with Crippen molar-refractivity contribution in [3.05, 3.63) is 140 Å². The van der Waals surface area contributed by atoms with Crippen molar-refractivity contribution < 1.29 is 8.83 Å². The summed E-state index contributed by atoms with van der Waals surface area (Å²) in [5, 5.41) is 9.45. The lowest BCUT2D eigenvalue weighted by Crippen LogP contribution is -1.94. The van der Waals surface area contributed by atoms with Crippen molar-refractivity contribution in [2.75, 3.05) is 0 Å². The van der Waals surface area contributed by atoms with Crippen LogP contribution in [0.25, 0.3) is 93.3 Å². The molecule has 10 aromatic rings. The molecule has 0 aliphatic rings. The van der Waals surface area contributed by atoms with Gasteiger partial charge in [0.1, 0.15) is 22.3 Å². The van der Waals surface area contributed by atoms with E-state index in [0.29, 0.717) is 0 Å². The molecule has 3 aromatic heterocycles. The molecule has 0 unspecified atom stereocenters. The van der Waals surface area contributed by atoms with Crippen LogP contribution in [0.2, 0.25) is 0 Å². The molecule has 0 N–H and O–H groups in total. The van der Waals surface area contributed by atoms with Crippen LogP contribution in [0, 0.1) is 0 Å². The van der Waals surface area contributed by atoms with E-state index in [0.717, 1.165) is 60.7 Å². The van der Waals surface area contributed by atoms with E-state index in [9.17, 15) is 0 Å². The van der Waals surface area contributed by atoms with Crippen molar-refractivity contribution in [2.45, 2.75) is 0 Å². The summed E-state index contributed by atoms with van der Waals surface area (Å²) in [6, 6.07) is 49.5. The van der Waals surface area contributed by atoms with E-state index < -0.39 is 0 Å². The van der Waals surface area contributed by atoms with Gasteiger partial charge in [0.2, 0.25) is 0 Å². The van der Waals surface area contributed by atoms with Crippen molar-refractivity contribution in [2.24, 2.45) is 0 Å². The largest absolute Gasteiger partial charge is 0.456 e. The molecule has 3 heterocycles. The normalized spacial score (nSPS) is 12.2. The van der Waals surface area contributed by atoms with Gasteiger partial charge < -0.3 is 13.4 Å². The zero-order valence-corrected chi connectivity index (χ0v) is 23.0. The Morgan fingerprint density at radius 3 is 1.95 bits per heavy atom. The third-order valence-electron chi connectivity index (χ3n) is 8.97. The van der Waals surface area contributed by atoms with Crippen LogP contribution < -0.4 is 0 Å². The minimum atomic E-state index is 0.904. The second-order valence-electron chi connectivity index (χ2n) is 11.3. The average Bonchev–Trinajstić information content (AvgIpc) is 3.72. The van der Waals surface area contributed by atoms with Crippen LogP contribution in [0.4, 0.5) is 0 Å². The van der Waals surface area contributed by atoms with Crippen molar-refractivity contribution in [1.29, 1.82) is 0 Å². The molecule has 0 atom stereocenters. The second kappa shape index (κ2) is 8.37. The maximum Gasteiger partial charge on any atom is 0.137 e. The lowest BCUT2D eigenvalue weighted by Gasteiger charge is -2.10. The molecular weight excluding hydrogens is 526 g/mol.